The molecule has 1 aromatic heterocycles. The van der Waals surface area contributed by atoms with Crippen LogP contribution in [0.3, 0.4) is 0 Å². The smallest absolute Gasteiger partial charge is 0.154 e. The molecule has 0 N–H and O–H groups in total. The zero-order chi connectivity index (χ0) is 17.0. The van der Waals surface area contributed by atoms with Gasteiger partial charge in [0.15, 0.2) is 9.84 Å². The fourth-order valence-electron chi connectivity index (χ4n) is 2.12. The van der Waals surface area contributed by atoms with Crippen molar-refractivity contribution in [2.75, 3.05) is 20.5 Å². The molecule has 6 nitrogen and oxygen atoms in total. The van der Waals surface area contributed by atoms with E-state index in [0.29, 0.717) is 23.6 Å². The Labute approximate surface area is 140 Å². The van der Waals surface area contributed by atoms with E-state index in [0.717, 1.165) is 11.8 Å². The number of nitrogens with zero attached hydrogens (tertiary/aromatic N) is 2. The summed E-state index contributed by atoms with van der Waals surface area (Å²) in [6.45, 7) is 0. The minimum atomic E-state index is -3.24. The molecule has 0 amide bonds. The number of rotatable bonds is 6. The average molecular weight is 357 g/mol. The largest absolute Gasteiger partial charge is 0.497 e. The van der Waals surface area contributed by atoms with E-state index in [9.17, 15) is 8.42 Å². The van der Waals surface area contributed by atoms with E-state index in [1.54, 1.807) is 32.4 Å². The van der Waals surface area contributed by atoms with Gasteiger partial charge in [0, 0.05) is 18.2 Å². The van der Waals surface area contributed by atoms with Crippen LogP contribution in [-0.4, -0.2) is 38.9 Å². The summed E-state index contributed by atoms with van der Waals surface area (Å²) in [6.07, 6.45) is 1.54. The van der Waals surface area contributed by atoms with Gasteiger partial charge in [0.25, 0.3) is 0 Å². The summed E-state index contributed by atoms with van der Waals surface area (Å²) in [7, 11) is -0.0779. The highest BCUT2D eigenvalue weighted by molar-refractivity contribution is 7.89. The predicted molar refractivity (Wildman–Crippen MR) is 87.9 cm³/mol. The third kappa shape index (κ3) is 5.07. The summed E-state index contributed by atoms with van der Waals surface area (Å²) in [4.78, 5) is 8.23. The lowest BCUT2D eigenvalue weighted by molar-refractivity contribution is 0.399. The van der Waals surface area contributed by atoms with E-state index in [1.165, 1.54) is 0 Å². The number of hydrogen-bond donors (Lipinski definition) is 0. The molecule has 0 unspecified atom stereocenters. The van der Waals surface area contributed by atoms with Crippen LogP contribution in [0.5, 0.6) is 11.5 Å². The van der Waals surface area contributed by atoms with E-state index < -0.39 is 9.84 Å². The van der Waals surface area contributed by atoms with Crippen molar-refractivity contribution >= 4 is 21.4 Å². The molecule has 0 aliphatic carbocycles. The van der Waals surface area contributed by atoms with Gasteiger partial charge in [-0.2, -0.15) is 0 Å². The third-order valence-electron chi connectivity index (χ3n) is 3.04. The van der Waals surface area contributed by atoms with Gasteiger partial charge in [-0.15, -0.1) is 0 Å². The molecule has 1 heterocycles. The highest BCUT2D eigenvalue weighted by atomic mass is 35.5. The lowest BCUT2D eigenvalue weighted by atomic mass is 10.1. The Morgan fingerprint density at radius 1 is 1.13 bits per heavy atom. The first-order valence-electron chi connectivity index (χ1n) is 6.71. The van der Waals surface area contributed by atoms with Crippen LogP contribution in [0, 0.1) is 0 Å². The van der Waals surface area contributed by atoms with Crippen LogP contribution in [0.25, 0.3) is 0 Å². The van der Waals surface area contributed by atoms with Crippen LogP contribution in [-0.2, 0) is 22.0 Å². The molecule has 0 spiro atoms. The first kappa shape index (κ1) is 17.5. The predicted octanol–water partition coefficient (Wildman–Crippen LogP) is 2.28. The van der Waals surface area contributed by atoms with E-state index in [-0.39, 0.29) is 16.7 Å². The highest BCUT2D eigenvalue weighted by Crippen LogP contribution is 2.26. The van der Waals surface area contributed by atoms with Gasteiger partial charge in [-0.3, -0.25) is 0 Å². The summed E-state index contributed by atoms with van der Waals surface area (Å²) in [5.41, 5.74) is 1.46. The van der Waals surface area contributed by atoms with Gasteiger partial charge in [0.1, 0.15) is 28.2 Å². The molecule has 1 aromatic carbocycles. The molecular formula is C15H17ClN2O4S. The zero-order valence-electron chi connectivity index (χ0n) is 13.0. The second kappa shape index (κ2) is 7.14. The number of hydrogen-bond acceptors (Lipinski definition) is 6. The van der Waals surface area contributed by atoms with Crippen LogP contribution < -0.4 is 9.47 Å². The molecule has 0 radical (unpaired) electrons. The molecule has 2 rings (SSSR count). The van der Waals surface area contributed by atoms with Crippen molar-refractivity contribution in [2.24, 2.45) is 0 Å². The molecule has 0 aliphatic heterocycles. The van der Waals surface area contributed by atoms with Gasteiger partial charge in [0.2, 0.25) is 0 Å². The Bertz CT molecular complexity index is 809. The molecule has 0 saturated heterocycles. The standard InChI is InChI=1S/C15H17ClN2O4S/c1-21-12-4-5-13(22-2)10(7-12)6-11-8-14(16)18-15(17-11)9-23(3,19)20/h4-5,7-8H,6,9H2,1-3H3. The van der Waals surface area contributed by atoms with Crippen LogP contribution in [0.4, 0.5) is 0 Å². The number of ether oxygens (including phenoxy) is 2. The van der Waals surface area contributed by atoms with E-state index in [1.807, 2.05) is 6.07 Å². The maximum Gasteiger partial charge on any atom is 0.154 e. The number of methoxy groups -OCH3 is 2. The second-order valence-electron chi connectivity index (χ2n) is 5.02. The molecule has 0 fully saturated rings. The Kier molecular flexibility index (Phi) is 5.43. The zero-order valence-corrected chi connectivity index (χ0v) is 14.6. The van der Waals surface area contributed by atoms with E-state index in [2.05, 4.69) is 9.97 Å². The van der Waals surface area contributed by atoms with E-state index in [4.69, 9.17) is 21.1 Å². The van der Waals surface area contributed by atoms with Crippen LogP contribution >= 0.6 is 11.6 Å². The molecule has 0 atom stereocenters. The molecule has 124 valence electrons. The lowest BCUT2D eigenvalue weighted by Gasteiger charge is -2.11. The van der Waals surface area contributed by atoms with Crippen LogP contribution in [0.1, 0.15) is 17.1 Å². The Morgan fingerprint density at radius 3 is 2.48 bits per heavy atom. The summed E-state index contributed by atoms with van der Waals surface area (Å²) in [5, 5.41) is 0.204. The van der Waals surface area contributed by atoms with Crippen molar-refractivity contribution < 1.29 is 17.9 Å². The van der Waals surface area contributed by atoms with E-state index >= 15 is 0 Å². The van der Waals surface area contributed by atoms with Gasteiger partial charge in [-0.05, 0) is 24.3 Å². The van der Waals surface area contributed by atoms with Gasteiger partial charge in [-0.25, -0.2) is 18.4 Å². The minimum Gasteiger partial charge on any atom is -0.497 e. The molecule has 23 heavy (non-hydrogen) atoms. The lowest BCUT2D eigenvalue weighted by Crippen LogP contribution is -2.07. The first-order valence-corrected chi connectivity index (χ1v) is 9.15. The third-order valence-corrected chi connectivity index (χ3v) is 4.02. The molecule has 0 bridgehead atoms. The van der Waals surface area contributed by atoms with Gasteiger partial charge in [-0.1, -0.05) is 11.6 Å². The topological polar surface area (TPSA) is 78.4 Å². The fraction of sp³-hybridized carbons (Fsp3) is 0.333. The number of benzene rings is 1. The maximum absolute atomic E-state index is 11.4. The highest BCUT2D eigenvalue weighted by Gasteiger charge is 2.12. The van der Waals surface area contributed by atoms with Crippen molar-refractivity contribution in [3.63, 3.8) is 0 Å². The van der Waals surface area contributed by atoms with Crippen LogP contribution in [0.15, 0.2) is 24.3 Å². The van der Waals surface area contributed by atoms with Crippen molar-refractivity contribution in [1.82, 2.24) is 9.97 Å². The Balaban J connectivity index is 2.36. The van der Waals surface area contributed by atoms with Crippen molar-refractivity contribution in [1.29, 1.82) is 0 Å². The number of aromatic nitrogens is 2. The fourth-order valence-corrected chi connectivity index (χ4v) is 2.94. The molecule has 0 saturated carbocycles. The van der Waals surface area contributed by atoms with Crippen molar-refractivity contribution in [2.45, 2.75) is 12.2 Å². The summed E-state index contributed by atoms with van der Waals surface area (Å²) >= 11 is 5.98. The molecule has 0 aliphatic rings. The van der Waals surface area contributed by atoms with Gasteiger partial charge < -0.3 is 9.47 Å². The van der Waals surface area contributed by atoms with Crippen LogP contribution in [0.2, 0.25) is 5.15 Å². The second-order valence-corrected chi connectivity index (χ2v) is 7.55. The normalized spacial score (nSPS) is 11.3. The minimum absolute atomic E-state index is 0.178. The molecule has 8 heteroatoms. The number of sulfone groups is 1. The van der Waals surface area contributed by atoms with Gasteiger partial charge in [0.05, 0.1) is 19.9 Å². The molecular weight excluding hydrogens is 340 g/mol. The quantitative estimate of drug-likeness (QED) is 0.739. The van der Waals surface area contributed by atoms with Crippen molar-refractivity contribution in [3.8, 4) is 11.5 Å². The summed E-state index contributed by atoms with van der Waals surface area (Å²) in [6, 6.07) is 7.04. The van der Waals surface area contributed by atoms with Gasteiger partial charge >= 0.3 is 0 Å². The monoisotopic (exact) mass is 356 g/mol. The SMILES string of the molecule is COc1ccc(OC)c(Cc2cc(Cl)nc(CS(C)(=O)=O)n2)c1. The number of halogens is 1. The Hall–Kier alpha value is -1.86. The maximum atomic E-state index is 11.4. The first-order chi connectivity index (χ1) is 10.8. The summed E-state index contributed by atoms with van der Waals surface area (Å²) < 4.78 is 33.4. The summed E-state index contributed by atoms with van der Waals surface area (Å²) in [5.74, 6) is 1.30. The molecule has 2 aromatic rings. The van der Waals surface area contributed by atoms with Crippen molar-refractivity contribution in [3.05, 3.63) is 46.5 Å². The Morgan fingerprint density at radius 2 is 1.87 bits per heavy atom. The average Bonchev–Trinajstić information content (AvgIpc) is 2.44.